The molecule has 4 rings (SSSR count). The maximum atomic E-state index is 11.9. The van der Waals surface area contributed by atoms with Gasteiger partial charge in [0.2, 0.25) is 5.82 Å². The molecule has 0 saturated carbocycles. The minimum absolute atomic E-state index is 0.137. The van der Waals surface area contributed by atoms with Crippen LogP contribution in [0.5, 0.6) is 11.5 Å². The SMILES string of the molecule is O=C(/C=C/c1ccc2c(c1)OCCO2)OCc1nc(-c2ccccc2Cl)no1. The number of ether oxygens (including phenoxy) is 3. The number of aromatic nitrogens is 2. The summed E-state index contributed by atoms with van der Waals surface area (Å²) in [6.07, 6.45) is 2.94. The lowest BCUT2D eigenvalue weighted by Gasteiger charge is -2.18. The van der Waals surface area contributed by atoms with Gasteiger partial charge in [0.05, 0.1) is 5.02 Å². The maximum absolute atomic E-state index is 11.9. The third kappa shape index (κ3) is 4.15. The Labute approximate surface area is 165 Å². The standard InChI is InChI=1S/C20H15ClN2O5/c21-15-4-2-1-3-14(15)20-22-18(28-23-20)12-27-19(24)8-6-13-5-7-16-17(11-13)26-10-9-25-16/h1-8,11H,9-10,12H2/b8-6+. The van der Waals surface area contributed by atoms with Crippen LogP contribution in [0.15, 0.2) is 53.1 Å². The average Bonchev–Trinajstić information content (AvgIpc) is 3.19. The van der Waals surface area contributed by atoms with E-state index in [1.54, 1.807) is 30.3 Å². The first kappa shape index (κ1) is 18.1. The minimum Gasteiger partial charge on any atom is -0.486 e. The Kier molecular flexibility index (Phi) is 5.25. The Bertz CT molecular complexity index is 1030. The van der Waals surface area contributed by atoms with Crippen molar-refractivity contribution in [2.75, 3.05) is 13.2 Å². The normalized spacial score (nSPS) is 12.9. The molecule has 2 aromatic carbocycles. The Morgan fingerprint density at radius 2 is 1.96 bits per heavy atom. The molecule has 0 bridgehead atoms. The number of carbonyl (C=O) groups is 1. The first-order valence-corrected chi connectivity index (χ1v) is 8.89. The van der Waals surface area contributed by atoms with Crippen LogP contribution in [0.2, 0.25) is 5.02 Å². The number of nitrogens with zero attached hydrogens (tertiary/aromatic N) is 2. The smallest absolute Gasteiger partial charge is 0.331 e. The zero-order valence-electron chi connectivity index (χ0n) is 14.6. The molecule has 2 heterocycles. The number of halogens is 1. The fraction of sp³-hybridized carbons (Fsp3) is 0.150. The Morgan fingerprint density at radius 1 is 1.14 bits per heavy atom. The van der Waals surface area contributed by atoms with Crippen molar-refractivity contribution in [2.24, 2.45) is 0 Å². The third-order valence-corrected chi connectivity index (χ3v) is 4.23. The molecular formula is C20H15ClN2O5. The number of hydrogen-bond acceptors (Lipinski definition) is 7. The summed E-state index contributed by atoms with van der Waals surface area (Å²) in [5.41, 5.74) is 1.43. The summed E-state index contributed by atoms with van der Waals surface area (Å²) < 4.78 is 21.2. The van der Waals surface area contributed by atoms with Gasteiger partial charge in [-0.25, -0.2) is 4.79 Å². The van der Waals surface area contributed by atoms with Gasteiger partial charge >= 0.3 is 5.97 Å². The van der Waals surface area contributed by atoms with E-state index in [9.17, 15) is 4.79 Å². The summed E-state index contributed by atoms with van der Waals surface area (Å²) in [5.74, 6) is 1.32. The number of rotatable bonds is 5. The summed E-state index contributed by atoms with van der Waals surface area (Å²) in [5, 5.41) is 4.36. The molecule has 8 heteroatoms. The molecule has 0 N–H and O–H groups in total. The van der Waals surface area contributed by atoms with Gasteiger partial charge in [-0.1, -0.05) is 35.0 Å². The highest BCUT2D eigenvalue weighted by atomic mass is 35.5. The Balaban J connectivity index is 1.35. The van der Waals surface area contributed by atoms with Gasteiger partial charge in [-0.3, -0.25) is 0 Å². The van der Waals surface area contributed by atoms with Crippen molar-refractivity contribution in [3.8, 4) is 22.9 Å². The third-order valence-electron chi connectivity index (χ3n) is 3.90. The lowest BCUT2D eigenvalue weighted by molar-refractivity contribution is -0.139. The maximum Gasteiger partial charge on any atom is 0.331 e. The van der Waals surface area contributed by atoms with Crippen molar-refractivity contribution in [3.63, 3.8) is 0 Å². The second kappa shape index (κ2) is 8.14. The van der Waals surface area contributed by atoms with E-state index in [4.69, 9.17) is 30.3 Å². The molecule has 0 spiro atoms. The van der Waals surface area contributed by atoms with E-state index in [1.807, 2.05) is 18.2 Å². The molecule has 1 aromatic heterocycles. The van der Waals surface area contributed by atoms with Crippen molar-refractivity contribution >= 4 is 23.6 Å². The first-order valence-electron chi connectivity index (χ1n) is 8.51. The molecule has 0 aliphatic carbocycles. The van der Waals surface area contributed by atoms with Crippen LogP contribution in [0.3, 0.4) is 0 Å². The van der Waals surface area contributed by atoms with Crippen molar-refractivity contribution in [3.05, 3.63) is 65.0 Å². The lowest BCUT2D eigenvalue weighted by atomic mass is 10.2. The highest BCUT2D eigenvalue weighted by molar-refractivity contribution is 6.33. The van der Waals surface area contributed by atoms with Crippen LogP contribution < -0.4 is 9.47 Å². The Hall–Kier alpha value is -3.32. The van der Waals surface area contributed by atoms with Crippen molar-refractivity contribution in [1.82, 2.24) is 10.1 Å². The highest BCUT2D eigenvalue weighted by Crippen LogP contribution is 2.31. The zero-order chi connectivity index (χ0) is 19.3. The predicted octanol–water partition coefficient (Wildman–Crippen LogP) is 3.92. The van der Waals surface area contributed by atoms with Gasteiger partial charge in [-0.05, 0) is 35.9 Å². The van der Waals surface area contributed by atoms with Gasteiger partial charge in [0.25, 0.3) is 5.89 Å². The monoisotopic (exact) mass is 398 g/mol. The molecule has 1 aliphatic heterocycles. The second-order valence-electron chi connectivity index (χ2n) is 5.84. The zero-order valence-corrected chi connectivity index (χ0v) is 15.4. The molecule has 0 fully saturated rings. The summed E-state index contributed by atoms with van der Waals surface area (Å²) >= 11 is 6.11. The number of hydrogen-bond donors (Lipinski definition) is 0. The molecule has 0 radical (unpaired) electrons. The van der Waals surface area contributed by atoms with E-state index in [0.29, 0.717) is 41.1 Å². The molecule has 0 atom stereocenters. The highest BCUT2D eigenvalue weighted by Gasteiger charge is 2.13. The van der Waals surface area contributed by atoms with Crippen LogP contribution in [0.4, 0.5) is 0 Å². The largest absolute Gasteiger partial charge is 0.486 e. The fourth-order valence-corrected chi connectivity index (χ4v) is 2.79. The van der Waals surface area contributed by atoms with Crippen LogP contribution in [0.25, 0.3) is 17.5 Å². The molecule has 142 valence electrons. The number of benzene rings is 2. The van der Waals surface area contributed by atoms with Crippen LogP contribution >= 0.6 is 11.6 Å². The van der Waals surface area contributed by atoms with Gasteiger partial charge < -0.3 is 18.7 Å². The van der Waals surface area contributed by atoms with E-state index >= 15 is 0 Å². The second-order valence-corrected chi connectivity index (χ2v) is 6.24. The molecule has 0 unspecified atom stereocenters. The molecule has 1 aliphatic rings. The Morgan fingerprint density at radius 3 is 2.82 bits per heavy atom. The summed E-state index contributed by atoms with van der Waals surface area (Å²) in [6, 6.07) is 12.6. The molecule has 28 heavy (non-hydrogen) atoms. The average molecular weight is 399 g/mol. The van der Waals surface area contributed by atoms with Gasteiger partial charge in [0, 0.05) is 11.6 Å². The number of esters is 1. The fourth-order valence-electron chi connectivity index (χ4n) is 2.57. The van der Waals surface area contributed by atoms with E-state index in [1.165, 1.54) is 6.08 Å². The molecular weight excluding hydrogens is 384 g/mol. The topological polar surface area (TPSA) is 83.7 Å². The lowest BCUT2D eigenvalue weighted by Crippen LogP contribution is -2.15. The summed E-state index contributed by atoms with van der Waals surface area (Å²) in [7, 11) is 0. The van der Waals surface area contributed by atoms with Gasteiger partial charge in [-0.2, -0.15) is 4.98 Å². The van der Waals surface area contributed by atoms with Crippen LogP contribution in [0, 0.1) is 0 Å². The summed E-state index contributed by atoms with van der Waals surface area (Å²) in [4.78, 5) is 16.1. The van der Waals surface area contributed by atoms with E-state index in [-0.39, 0.29) is 12.5 Å². The number of fused-ring (bicyclic) bond motifs is 1. The van der Waals surface area contributed by atoms with E-state index in [0.717, 1.165) is 5.56 Å². The quantitative estimate of drug-likeness (QED) is 0.475. The van der Waals surface area contributed by atoms with Crippen molar-refractivity contribution in [1.29, 1.82) is 0 Å². The van der Waals surface area contributed by atoms with Crippen LogP contribution in [-0.2, 0) is 16.1 Å². The molecule has 3 aromatic rings. The van der Waals surface area contributed by atoms with Gasteiger partial charge in [0.1, 0.15) is 13.2 Å². The molecule has 0 amide bonds. The van der Waals surface area contributed by atoms with E-state index < -0.39 is 5.97 Å². The van der Waals surface area contributed by atoms with Crippen LogP contribution in [0.1, 0.15) is 11.5 Å². The molecule has 7 nitrogen and oxygen atoms in total. The first-order chi connectivity index (χ1) is 13.7. The van der Waals surface area contributed by atoms with Gasteiger partial charge in [-0.15, -0.1) is 0 Å². The molecule has 0 saturated heterocycles. The summed E-state index contributed by atoms with van der Waals surface area (Å²) in [6.45, 7) is 0.896. The van der Waals surface area contributed by atoms with E-state index in [2.05, 4.69) is 10.1 Å². The predicted molar refractivity (Wildman–Crippen MR) is 101 cm³/mol. The van der Waals surface area contributed by atoms with Crippen molar-refractivity contribution in [2.45, 2.75) is 6.61 Å². The minimum atomic E-state index is -0.535. The van der Waals surface area contributed by atoms with Crippen LogP contribution in [-0.4, -0.2) is 29.3 Å². The number of carbonyl (C=O) groups excluding carboxylic acids is 1. The van der Waals surface area contributed by atoms with Gasteiger partial charge in [0.15, 0.2) is 18.1 Å². The van der Waals surface area contributed by atoms with Crippen molar-refractivity contribution < 1.29 is 23.5 Å².